The number of hydrogen-bond acceptors (Lipinski definition) is 5. The van der Waals surface area contributed by atoms with Crippen molar-refractivity contribution in [1.29, 1.82) is 0 Å². The summed E-state index contributed by atoms with van der Waals surface area (Å²) in [5.74, 6) is 0.0924. The van der Waals surface area contributed by atoms with Crippen LogP contribution in [0.2, 0.25) is 0 Å². The number of sulfonamides is 1. The summed E-state index contributed by atoms with van der Waals surface area (Å²) < 4.78 is 31.1. The van der Waals surface area contributed by atoms with E-state index in [4.69, 9.17) is 4.74 Å². The van der Waals surface area contributed by atoms with Crippen molar-refractivity contribution in [1.82, 2.24) is 14.6 Å². The van der Waals surface area contributed by atoms with Gasteiger partial charge in [0.2, 0.25) is 21.8 Å². The zero-order chi connectivity index (χ0) is 18.3. The quantitative estimate of drug-likeness (QED) is 0.766. The maximum absolute atomic E-state index is 12.4. The maximum atomic E-state index is 12.4. The second kappa shape index (κ2) is 8.59. The van der Waals surface area contributed by atoms with E-state index in [9.17, 15) is 13.2 Å². The lowest BCUT2D eigenvalue weighted by molar-refractivity contribution is -0.121. The Hall–Kier alpha value is -2.45. The molecule has 0 aliphatic heterocycles. The molecular weight excluding hydrogens is 342 g/mol. The molecule has 1 amide bonds. The number of pyridine rings is 1. The van der Waals surface area contributed by atoms with Crippen molar-refractivity contribution in [3.63, 3.8) is 0 Å². The summed E-state index contributed by atoms with van der Waals surface area (Å²) in [5.41, 5.74) is 0.820. The summed E-state index contributed by atoms with van der Waals surface area (Å²) in [4.78, 5) is 16.3. The van der Waals surface area contributed by atoms with Gasteiger partial charge >= 0.3 is 0 Å². The molecule has 2 rings (SSSR count). The molecule has 0 radical (unpaired) electrons. The van der Waals surface area contributed by atoms with Gasteiger partial charge in [-0.2, -0.15) is 4.31 Å². The van der Waals surface area contributed by atoms with Gasteiger partial charge in [-0.3, -0.25) is 4.79 Å². The minimum atomic E-state index is -3.69. The number of nitrogens with one attached hydrogen (secondary N) is 1. The third-order valence-corrected chi connectivity index (χ3v) is 5.22. The summed E-state index contributed by atoms with van der Waals surface area (Å²) >= 11 is 0. The fraction of sp³-hybridized carbons (Fsp3) is 0.294. The van der Waals surface area contributed by atoms with Crippen molar-refractivity contribution in [3.05, 3.63) is 54.2 Å². The van der Waals surface area contributed by atoms with Crippen LogP contribution in [0.25, 0.3) is 0 Å². The maximum Gasteiger partial charge on any atom is 0.243 e. The van der Waals surface area contributed by atoms with Crippen LogP contribution in [-0.4, -0.2) is 43.8 Å². The summed E-state index contributed by atoms with van der Waals surface area (Å²) in [5, 5.41) is 2.69. The molecule has 0 bridgehead atoms. The third-order valence-electron chi connectivity index (χ3n) is 3.40. The Bertz CT molecular complexity index is 810. The van der Waals surface area contributed by atoms with Gasteiger partial charge in [-0.25, -0.2) is 13.4 Å². The Balaban J connectivity index is 1.93. The van der Waals surface area contributed by atoms with Crippen LogP contribution in [0.4, 0.5) is 0 Å². The van der Waals surface area contributed by atoms with Crippen LogP contribution in [0.5, 0.6) is 5.88 Å². The molecule has 1 aromatic heterocycles. The SMILES string of the molecule is CCOc1cc(CNC(=O)CN(C)S(=O)(=O)c2ccccc2)ccn1. The monoisotopic (exact) mass is 363 g/mol. The van der Waals surface area contributed by atoms with Crippen LogP contribution in [-0.2, 0) is 21.4 Å². The number of benzene rings is 1. The lowest BCUT2D eigenvalue weighted by Crippen LogP contribution is -2.38. The Morgan fingerprint density at radius 3 is 2.64 bits per heavy atom. The molecule has 1 N–H and O–H groups in total. The van der Waals surface area contributed by atoms with E-state index in [1.807, 2.05) is 6.92 Å². The van der Waals surface area contributed by atoms with Crippen molar-refractivity contribution in [2.24, 2.45) is 0 Å². The highest BCUT2D eigenvalue weighted by atomic mass is 32.2. The van der Waals surface area contributed by atoms with E-state index in [2.05, 4.69) is 10.3 Å². The van der Waals surface area contributed by atoms with Crippen molar-refractivity contribution >= 4 is 15.9 Å². The van der Waals surface area contributed by atoms with E-state index >= 15 is 0 Å². The summed E-state index contributed by atoms with van der Waals surface area (Å²) in [6.07, 6.45) is 1.60. The van der Waals surface area contributed by atoms with Gasteiger partial charge in [0.15, 0.2) is 0 Å². The van der Waals surface area contributed by atoms with Gasteiger partial charge in [0.05, 0.1) is 18.0 Å². The highest BCUT2D eigenvalue weighted by molar-refractivity contribution is 7.89. The van der Waals surface area contributed by atoms with Crippen molar-refractivity contribution < 1.29 is 17.9 Å². The third kappa shape index (κ3) is 5.27. The number of aromatic nitrogens is 1. The number of nitrogens with zero attached hydrogens (tertiary/aromatic N) is 2. The molecule has 134 valence electrons. The summed E-state index contributed by atoms with van der Waals surface area (Å²) in [6.45, 7) is 2.37. The van der Waals surface area contributed by atoms with E-state index in [-0.39, 0.29) is 18.0 Å². The molecule has 0 atom stereocenters. The molecule has 25 heavy (non-hydrogen) atoms. The Labute approximate surface area is 147 Å². The van der Waals surface area contributed by atoms with Crippen molar-refractivity contribution in [2.45, 2.75) is 18.4 Å². The average molecular weight is 363 g/mol. The average Bonchev–Trinajstić information content (AvgIpc) is 2.61. The first-order valence-electron chi connectivity index (χ1n) is 7.79. The van der Waals surface area contributed by atoms with Crippen LogP contribution < -0.4 is 10.1 Å². The first kappa shape index (κ1) is 18.9. The van der Waals surface area contributed by atoms with E-state index < -0.39 is 15.9 Å². The smallest absolute Gasteiger partial charge is 0.243 e. The van der Waals surface area contributed by atoms with E-state index in [0.717, 1.165) is 9.87 Å². The molecule has 1 heterocycles. The first-order valence-corrected chi connectivity index (χ1v) is 9.23. The first-order chi connectivity index (χ1) is 11.9. The Kier molecular flexibility index (Phi) is 6.49. The molecule has 2 aromatic rings. The Morgan fingerprint density at radius 1 is 1.24 bits per heavy atom. The fourth-order valence-corrected chi connectivity index (χ4v) is 3.25. The topological polar surface area (TPSA) is 88.6 Å². The highest BCUT2D eigenvalue weighted by Crippen LogP contribution is 2.13. The van der Waals surface area contributed by atoms with Crippen LogP contribution in [0, 0.1) is 0 Å². The summed E-state index contributed by atoms with van der Waals surface area (Å²) in [7, 11) is -2.31. The summed E-state index contributed by atoms with van der Waals surface area (Å²) in [6, 6.07) is 11.5. The molecule has 0 saturated heterocycles. The number of carbonyl (C=O) groups excluding carboxylic acids is 1. The number of amides is 1. The molecule has 1 aromatic carbocycles. The van der Waals surface area contributed by atoms with E-state index in [0.29, 0.717) is 12.5 Å². The normalized spacial score (nSPS) is 11.3. The van der Waals surface area contributed by atoms with Gasteiger partial charge in [0, 0.05) is 25.9 Å². The van der Waals surface area contributed by atoms with Crippen molar-refractivity contribution in [3.8, 4) is 5.88 Å². The fourth-order valence-electron chi connectivity index (χ4n) is 2.10. The van der Waals surface area contributed by atoms with Gasteiger partial charge in [-0.1, -0.05) is 18.2 Å². The molecule has 0 spiro atoms. The largest absolute Gasteiger partial charge is 0.478 e. The zero-order valence-electron chi connectivity index (χ0n) is 14.2. The second-order valence-electron chi connectivity index (χ2n) is 5.29. The molecule has 0 aliphatic rings. The second-order valence-corrected chi connectivity index (χ2v) is 7.33. The predicted octanol–water partition coefficient (Wildman–Crippen LogP) is 1.42. The lowest BCUT2D eigenvalue weighted by Gasteiger charge is -2.17. The minimum absolute atomic E-state index is 0.154. The van der Waals surface area contributed by atoms with Gasteiger partial charge < -0.3 is 10.1 Å². The predicted molar refractivity (Wildman–Crippen MR) is 93.5 cm³/mol. The number of ether oxygens (including phenoxy) is 1. The lowest BCUT2D eigenvalue weighted by atomic mass is 10.2. The number of hydrogen-bond donors (Lipinski definition) is 1. The van der Waals surface area contributed by atoms with Crippen LogP contribution in [0.1, 0.15) is 12.5 Å². The van der Waals surface area contributed by atoms with E-state index in [1.54, 1.807) is 36.5 Å². The number of rotatable bonds is 8. The number of likely N-dealkylation sites (N-methyl/N-ethyl adjacent to an activating group) is 1. The van der Waals surface area contributed by atoms with Gasteiger partial charge in [-0.15, -0.1) is 0 Å². The van der Waals surface area contributed by atoms with Crippen LogP contribution in [0.15, 0.2) is 53.6 Å². The van der Waals surface area contributed by atoms with E-state index in [1.165, 1.54) is 19.2 Å². The standard InChI is InChI=1S/C17H21N3O4S/c1-3-24-17-11-14(9-10-18-17)12-19-16(21)13-20(2)25(22,23)15-7-5-4-6-8-15/h4-11H,3,12-13H2,1-2H3,(H,19,21). The van der Waals surface area contributed by atoms with Gasteiger partial charge in [0.25, 0.3) is 0 Å². The zero-order valence-corrected chi connectivity index (χ0v) is 15.0. The molecule has 0 fully saturated rings. The van der Waals surface area contributed by atoms with Gasteiger partial charge in [0.1, 0.15) is 0 Å². The molecular formula is C17H21N3O4S. The molecule has 0 saturated carbocycles. The van der Waals surface area contributed by atoms with Crippen molar-refractivity contribution in [2.75, 3.05) is 20.2 Å². The molecule has 0 unspecified atom stereocenters. The molecule has 8 heteroatoms. The van der Waals surface area contributed by atoms with Crippen LogP contribution in [0.3, 0.4) is 0 Å². The minimum Gasteiger partial charge on any atom is -0.478 e. The van der Waals surface area contributed by atoms with Gasteiger partial charge in [-0.05, 0) is 30.7 Å². The number of carbonyl (C=O) groups is 1. The molecule has 0 aliphatic carbocycles. The molecule has 7 nitrogen and oxygen atoms in total. The van der Waals surface area contributed by atoms with Crippen LogP contribution >= 0.6 is 0 Å². The Morgan fingerprint density at radius 2 is 1.96 bits per heavy atom. The highest BCUT2D eigenvalue weighted by Gasteiger charge is 2.22.